The Labute approximate surface area is 109 Å². The fourth-order valence-corrected chi connectivity index (χ4v) is 2.91. The van der Waals surface area contributed by atoms with Crippen molar-refractivity contribution in [3.63, 3.8) is 0 Å². The summed E-state index contributed by atoms with van der Waals surface area (Å²) in [6, 6.07) is 9.36. The highest BCUT2D eigenvalue weighted by Gasteiger charge is 2.35. The minimum Gasteiger partial charge on any atom is -0.345 e. The van der Waals surface area contributed by atoms with Gasteiger partial charge in [0.05, 0.1) is 5.54 Å². The third-order valence-corrected chi connectivity index (χ3v) is 3.90. The average Bonchev–Trinajstić information content (AvgIpc) is 2.39. The highest BCUT2D eigenvalue weighted by Crippen LogP contribution is 2.31. The summed E-state index contributed by atoms with van der Waals surface area (Å²) in [5.41, 5.74) is 6.42. The van der Waals surface area contributed by atoms with E-state index in [1.165, 1.54) is 6.42 Å². The van der Waals surface area contributed by atoms with Crippen LogP contribution in [-0.4, -0.2) is 18.0 Å². The van der Waals surface area contributed by atoms with Gasteiger partial charge in [-0.25, -0.2) is 0 Å². The molecule has 0 spiro atoms. The zero-order valence-corrected chi connectivity index (χ0v) is 11.0. The van der Waals surface area contributed by atoms with Gasteiger partial charge in [-0.3, -0.25) is 4.79 Å². The van der Waals surface area contributed by atoms with Crippen LogP contribution in [0.25, 0.3) is 0 Å². The van der Waals surface area contributed by atoms with E-state index in [9.17, 15) is 4.79 Å². The van der Waals surface area contributed by atoms with Crippen molar-refractivity contribution in [2.24, 2.45) is 11.7 Å². The summed E-state index contributed by atoms with van der Waals surface area (Å²) in [7, 11) is 0. The van der Waals surface area contributed by atoms with Crippen molar-refractivity contribution in [1.29, 1.82) is 0 Å². The lowest BCUT2D eigenvalue weighted by Crippen LogP contribution is -2.56. The van der Waals surface area contributed by atoms with Gasteiger partial charge in [-0.15, -0.1) is 0 Å². The van der Waals surface area contributed by atoms with Crippen LogP contribution in [0.2, 0.25) is 0 Å². The molecule has 0 heterocycles. The minimum absolute atomic E-state index is 0.00449. The molecule has 1 fully saturated rings. The molecule has 1 aromatic carbocycles. The summed E-state index contributed by atoms with van der Waals surface area (Å²) < 4.78 is 0. The first-order valence-corrected chi connectivity index (χ1v) is 6.73. The lowest BCUT2D eigenvalue weighted by Gasteiger charge is -2.40. The lowest BCUT2D eigenvalue weighted by atomic mass is 9.76. The predicted molar refractivity (Wildman–Crippen MR) is 73.3 cm³/mol. The third kappa shape index (κ3) is 2.91. The van der Waals surface area contributed by atoms with Gasteiger partial charge in [-0.2, -0.15) is 0 Å². The molecule has 18 heavy (non-hydrogen) atoms. The van der Waals surface area contributed by atoms with E-state index in [1.54, 1.807) is 0 Å². The summed E-state index contributed by atoms with van der Waals surface area (Å²) in [4.78, 5) is 12.2. The number of rotatable bonds is 3. The van der Waals surface area contributed by atoms with E-state index in [4.69, 9.17) is 5.73 Å². The van der Waals surface area contributed by atoms with Crippen LogP contribution in [0.1, 0.15) is 43.0 Å². The van der Waals surface area contributed by atoms with Crippen LogP contribution in [-0.2, 0) is 0 Å². The first kappa shape index (κ1) is 13.1. The Morgan fingerprint density at radius 3 is 2.78 bits per heavy atom. The second kappa shape index (κ2) is 5.53. The summed E-state index contributed by atoms with van der Waals surface area (Å²) in [6.45, 7) is 2.76. The highest BCUT2D eigenvalue weighted by molar-refractivity contribution is 5.94. The smallest absolute Gasteiger partial charge is 0.251 e. The van der Waals surface area contributed by atoms with E-state index >= 15 is 0 Å². The van der Waals surface area contributed by atoms with E-state index in [-0.39, 0.29) is 11.4 Å². The van der Waals surface area contributed by atoms with Gasteiger partial charge in [-0.1, -0.05) is 38.0 Å². The molecular formula is C15H22N2O. The maximum absolute atomic E-state index is 12.2. The maximum atomic E-state index is 12.2. The number of amides is 1. The quantitative estimate of drug-likeness (QED) is 0.860. The highest BCUT2D eigenvalue weighted by atomic mass is 16.1. The van der Waals surface area contributed by atoms with Gasteiger partial charge in [-0.05, 0) is 30.9 Å². The summed E-state index contributed by atoms with van der Waals surface area (Å²) in [5.74, 6) is 0.633. The number of benzene rings is 1. The van der Waals surface area contributed by atoms with Crippen molar-refractivity contribution in [1.82, 2.24) is 5.32 Å². The molecule has 2 unspecified atom stereocenters. The standard InChI is InChI=1S/C15H22N2O/c1-12-6-5-9-15(10-12,11-16)17-14(18)13-7-3-2-4-8-13/h2-4,7-8,12H,5-6,9-11,16H2,1H3,(H,17,18). The Kier molecular flexibility index (Phi) is 4.02. The van der Waals surface area contributed by atoms with Gasteiger partial charge in [0, 0.05) is 12.1 Å². The molecule has 2 atom stereocenters. The largest absolute Gasteiger partial charge is 0.345 e. The molecule has 0 aromatic heterocycles. The first-order chi connectivity index (χ1) is 8.65. The number of nitrogens with one attached hydrogen (secondary N) is 1. The number of carbonyl (C=O) groups excluding carboxylic acids is 1. The van der Waals surface area contributed by atoms with Crippen molar-refractivity contribution in [3.05, 3.63) is 35.9 Å². The first-order valence-electron chi connectivity index (χ1n) is 6.73. The van der Waals surface area contributed by atoms with Gasteiger partial charge in [0.1, 0.15) is 0 Å². The van der Waals surface area contributed by atoms with E-state index in [0.29, 0.717) is 18.0 Å². The minimum atomic E-state index is -0.204. The molecule has 1 aromatic rings. The Bertz CT molecular complexity index is 404. The Hall–Kier alpha value is -1.35. The predicted octanol–water partition coefficient (Wildman–Crippen LogP) is 2.32. The summed E-state index contributed by atoms with van der Waals surface area (Å²) in [6.07, 6.45) is 4.37. The molecule has 0 saturated heterocycles. The second-order valence-electron chi connectivity index (χ2n) is 5.51. The van der Waals surface area contributed by atoms with Crippen LogP contribution < -0.4 is 11.1 Å². The van der Waals surface area contributed by atoms with Gasteiger partial charge < -0.3 is 11.1 Å². The Morgan fingerprint density at radius 2 is 2.17 bits per heavy atom. The number of hydrogen-bond donors (Lipinski definition) is 2. The molecule has 0 radical (unpaired) electrons. The molecule has 1 aliphatic rings. The van der Waals surface area contributed by atoms with Crippen LogP contribution >= 0.6 is 0 Å². The van der Waals surface area contributed by atoms with Crippen molar-refractivity contribution in [2.75, 3.05) is 6.54 Å². The van der Waals surface area contributed by atoms with Crippen molar-refractivity contribution < 1.29 is 4.79 Å². The van der Waals surface area contributed by atoms with Gasteiger partial charge in [0.2, 0.25) is 0 Å². The van der Waals surface area contributed by atoms with Crippen molar-refractivity contribution >= 4 is 5.91 Å². The topological polar surface area (TPSA) is 55.1 Å². The molecule has 1 amide bonds. The Balaban J connectivity index is 2.08. The van der Waals surface area contributed by atoms with E-state index in [1.807, 2.05) is 30.3 Å². The van der Waals surface area contributed by atoms with Crippen LogP contribution in [0.4, 0.5) is 0 Å². The third-order valence-electron chi connectivity index (χ3n) is 3.90. The molecule has 1 saturated carbocycles. The van der Waals surface area contributed by atoms with Crippen LogP contribution in [0, 0.1) is 5.92 Å². The van der Waals surface area contributed by atoms with E-state index in [2.05, 4.69) is 12.2 Å². The number of nitrogens with two attached hydrogens (primary N) is 1. The number of carbonyl (C=O) groups is 1. The van der Waals surface area contributed by atoms with Crippen molar-refractivity contribution in [3.8, 4) is 0 Å². The van der Waals surface area contributed by atoms with Crippen LogP contribution in [0.15, 0.2) is 30.3 Å². The lowest BCUT2D eigenvalue weighted by molar-refractivity contribution is 0.0854. The fraction of sp³-hybridized carbons (Fsp3) is 0.533. The maximum Gasteiger partial charge on any atom is 0.251 e. The molecule has 1 aliphatic carbocycles. The summed E-state index contributed by atoms with van der Waals surface area (Å²) in [5, 5.41) is 3.16. The van der Waals surface area contributed by atoms with Crippen LogP contribution in [0.3, 0.4) is 0 Å². The molecular weight excluding hydrogens is 224 g/mol. The normalized spacial score (nSPS) is 27.8. The van der Waals surface area contributed by atoms with Gasteiger partial charge in [0.25, 0.3) is 5.91 Å². The molecule has 3 N–H and O–H groups in total. The molecule has 2 rings (SSSR count). The average molecular weight is 246 g/mol. The molecule has 98 valence electrons. The number of hydrogen-bond acceptors (Lipinski definition) is 2. The molecule has 0 aliphatic heterocycles. The molecule has 0 bridgehead atoms. The van der Waals surface area contributed by atoms with Gasteiger partial charge in [0.15, 0.2) is 0 Å². The molecule has 3 nitrogen and oxygen atoms in total. The Morgan fingerprint density at radius 1 is 1.44 bits per heavy atom. The van der Waals surface area contributed by atoms with Crippen molar-refractivity contribution in [2.45, 2.75) is 38.1 Å². The molecule has 3 heteroatoms. The van der Waals surface area contributed by atoms with E-state index < -0.39 is 0 Å². The summed E-state index contributed by atoms with van der Waals surface area (Å²) >= 11 is 0. The van der Waals surface area contributed by atoms with Gasteiger partial charge >= 0.3 is 0 Å². The second-order valence-corrected chi connectivity index (χ2v) is 5.51. The zero-order chi connectivity index (χ0) is 13.0. The van der Waals surface area contributed by atoms with Crippen LogP contribution in [0.5, 0.6) is 0 Å². The SMILES string of the molecule is CC1CCCC(CN)(NC(=O)c2ccccc2)C1. The zero-order valence-electron chi connectivity index (χ0n) is 11.0. The monoisotopic (exact) mass is 246 g/mol. The fourth-order valence-electron chi connectivity index (χ4n) is 2.91. The van der Waals surface area contributed by atoms with E-state index in [0.717, 1.165) is 19.3 Å².